The summed E-state index contributed by atoms with van der Waals surface area (Å²) in [5, 5.41) is 2.64. The number of aromatic nitrogens is 1. The molecule has 130 valence electrons. The molecule has 0 saturated carbocycles. The lowest BCUT2D eigenvalue weighted by molar-refractivity contribution is 0.0664. The smallest absolute Gasteiger partial charge is 0.274 e. The van der Waals surface area contributed by atoms with E-state index in [1.807, 2.05) is 7.05 Å². The van der Waals surface area contributed by atoms with Gasteiger partial charge in [-0.1, -0.05) is 0 Å². The molecule has 1 aromatic heterocycles. The van der Waals surface area contributed by atoms with Crippen LogP contribution < -0.4 is 5.32 Å². The first-order valence-corrected chi connectivity index (χ1v) is 8.04. The van der Waals surface area contributed by atoms with Crippen molar-refractivity contribution in [3.8, 4) is 0 Å². The average Bonchev–Trinajstić information content (AvgIpc) is 2.64. The van der Waals surface area contributed by atoms with Crippen molar-refractivity contribution in [3.05, 3.63) is 59.7 Å². The molecular weight excluding hydrogens is 323 g/mol. The Balaban J connectivity index is 1.71. The van der Waals surface area contributed by atoms with Crippen LogP contribution in [0.1, 0.15) is 20.8 Å². The van der Waals surface area contributed by atoms with E-state index in [-0.39, 0.29) is 17.4 Å². The Morgan fingerprint density at radius 2 is 1.76 bits per heavy atom. The Hall–Kier alpha value is -2.80. The Morgan fingerprint density at radius 3 is 2.44 bits per heavy atom. The second kappa shape index (κ2) is 7.40. The van der Waals surface area contributed by atoms with Crippen LogP contribution in [0, 0.1) is 5.82 Å². The zero-order valence-corrected chi connectivity index (χ0v) is 13.9. The molecule has 7 heteroatoms. The minimum absolute atomic E-state index is 0.105. The van der Waals surface area contributed by atoms with E-state index in [1.165, 1.54) is 36.5 Å². The maximum atomic E-state index is 12.9. The highest BCUT2D eigenvalue weighted by Crippen LogP contribution is 2.12. The molecule has 0 bridgehead atoms. The summed E-state index contributed by atoms with van der Waals surface area (Å²) in [6, 6.07) is 8.54. The van der Waals surface area contributed by atoms with Crippen molar-refractivity contribution in [2.24, 2.45) is 0 Å². The molecule has 1 fully saturated rings. The van der Waals surface area contributed by atoms with Crippen molar-refractivity contribution in [2.75, 3.05) is 38.5 Å². The molecule has 1 aromatic carbocycles. The molecule has 3 rings (SSSR count). The maximum Gasteiger partial charge on any atom is 0.274 e. The topological polar surface area (TPSA) is 65.5 Å². The van der Waals surface area contributed by atoms with Crippen LogP contribution >= 0.6 is 0 Å². The molecule has 2 heterocycles. The lowest BCUT2D eigenvalue weighted by Crippen LogP contribution is -2.47. The average molecular weight is 342 g/mol. The quantitative estimate of drug-likeness (QED) is 0.925. The van der Waals surface area contributed by atoms with Crippen LogP contribution in [0.15, 0.2) is 42.6 Å². The number of halogens is 1. The molecule has 1 N–H and O–H groups in total. The van der Waals surface area contributed by atoms with E-state index >= 15 is 0 Å². The molecule has 0 radical (unpaired) electrons. The number of carbonyl (C=O) groups is 2. The van der Waals surface area contributed by atoms with Gasteiger partial charge in [0.15, 0.2) is 0 Å². The van der Waals surface area contributed by atoms with E-state index in [2.05, 4.69) is 15.2 Å². The number of nitrogens with zero attached hydrogens (tertiary/aromatic N) is 3. The second-order valence-corrected chi connectivity index (χ2v) is 5.99. The fourth-order valence-corrected chi connectivity index (χ4v) is 2.61. The molecule has 0 spiro atoms. The molecule has 1 aliphatic rings. The first-order valence-electron chi connectivity index (χ1n) is 8.04. The summed E-state index contributed by atoms with van der Waals surface area (Å²) in [6.07, 6.45) is 1.45. The minimum atomic E-state index is -0.445. The van der Waals surface area contributed by atoms with Crippen molar-refractivity contribution in [1.82, 2.24) is 14.8 Å². The van der Waals surface area contributed by atoms with Gasteiger partial charge in [0, 0.05) is 43.6 Å². The Morgan fingerprint density at radius 1 is 1.08 bits per heavy atom. The molecular formula is C18H19FN4O2. The summed E-state index contributed by atoms with van der Waals surface area (Å²) < 4.78 is 12.9. The molecule has 2 amide bonds. The first-order chi connectivity index (χ1) is 12.0. The summed E-state index contributed by atoms with van der Waals surface area (Å²) in [6.45, 7) is 2.98. The largest absolute Gasteiger partial charge is 0.336 e. The number of amides is 2. The summed E-state index contributed by atoms with van der Waals surface area (Å²) in [4.78, 5) is 32.8. The normalized spacial score (nSPS) is 15.0. The van der Waals surface area contributed by atoms with Crippen LogP contribution in [-0.4, -0.2) is 59.8 Å². The highest BCUT2D eigenvalue weighted by atomic mass is 19.1. The van der Waals surface area contributed by atoms with E-state index in [0.717, 1.165) is 13.1 Å². The van der Waals surface area contributed by atoms with Crippen LogP contribution in [0.3, 0.4) is 0 Å². The summed E-state index contributed by atoms with van der Waals surface area (Å²) in [7, 11) is 2.02. The van der Waals surface area contributed by atoms with Crippen molar-refractivity contribution in [1.29, 1.82) is 0 Å². The van der Waals surface area contributed by atoms with Crippen LogP contribution in [0.5, 0.6) is 0 Å². The molecule has 1 aliphatic heterocycles. The Labute approximate surface area is 145 Å². The summed E-state index contributed by atoms with van der Waals surface area (Å²) >= 11 is 0. The SMILES string of the molecule is CN1CCN(C(=O)c2ccnc(C(=O)Nc3ccc(F)cc3)c2)CC1. The van der Waals surface area contributed by atoms with Crippen LogP contribution in [0.4, 0.5) is 10.1 Å². The van der Waals surface area contributed by atoms with Gasteiger partial charge < -0.3 is 15.1 Å². The van der Waals surface area contributed by atoms with Gasteiger partial charge in [0.05, 0.1) is 0 Å². The summed E-state index contributed by atoms with van der Waals surface area (Å²) in [5.41, 5.74) is 1.04. The van der Waals surface area contributed by atoms with E-state index < -0.39 is 5.91 Å². The van der Waals surface area contributed by atoms with E-state index in [9.17, 15) is 14.0 Å². The number of anilines is 1. The number of pyridine rings is 1. The van der Waals surface area contributed by atoms with Crippen LogP contribution in [0.25, 0.3) is 0 Å². The third-order valence-corrected chi connectivity index (χ3v) is 4.13. The van der Waals surface area contributed by atoms with Crippen LogP contribution in [-0.2, 0) is 0 Å². The number of hydrogen-bond acceptors (Lipinski definition) is 4. The molecule has 1 saturated heterocycles. The van der Waals surface area contributed by atoms with Gasteiger partial charge in [-0.25, -0.2) is 4.39 Å². The molecule has 0 unspecified atom stereocenters. The predicted octanol–water partition coefficient (Wildman–Crippen LogP) is 1.86. The molecule has 25 heavy (non-hydrogen) atoms. The van der Waals surface area contributed by atoms with Gasteiger partial charge >= 0.3 is 0 Å². The number of piperazine rings is 1. The monoisotopic (exact) mass is 342 g/mol. The number of likely N-dealkylation sites (N-methyl/N-ethyl adjacent to an activating group) is 1. The zero-order chi connectivity index (χ0) is 17.8. The zero-order valence-electron chi connectivity index (χ0n) is 13.9. The van der Waals surface area contributed by atoms with Crippen LogP contribution in [0.2, 0.25) is 0 Å². The maximum absolute atomic E-state index is 12.9. The highest BCUT2D eigenvalue weighted by molar-refractivity contribution is 6.04. The second-order valence-electron chi connectivity index (χ2n) is 5.99. The van der Waals surface area contributed by atoms with E-state index in [0.29, 0.717) is 24.3 Å². The van der Waals surface area contributed by atoms with E-state index in [4.69, 9.17) is 0 Å². The fourth-order valence-electron chi connectivity index (χ4n) is 2.61. The number of benzene rings is 1. The van der Waals surface area contributed by atoms with Gasteiger partial charge in [-0.2, -0.15) is 0 Å². The Bertz CT molecular complexity index is 771. The molecule has 2 aromatic rings. The first kappa shape index (κ1) is 17.0. The number of rotatable bonds is 3. The van der Waals surface area contributed by atoms with Gasteiger partial charge in [0.2, 0.25) is 0 Å². The highest BCUT2D eigenvalue weighted by Gasteiger charge is 2.21. The minimum Gasteiger partial charge on any atom is -0.336 e. The van der Waals surface area contributed by atoms with Gasteiger partial charge in [0.25, 0.3) is 11.8 Å². The molecule has 6 nitrogen and oxygen atoms in total. The predicted molar refractivity (Wildman–Crippen MR) is 92.0 cm³/mol. The Kier molecular flexibility index (Phi) is 5.04. The number of nitrogens with one attached hydrogen (secondary N) is 1. The van der Waals surface area contributed by atoms with Gasteiger partial charge in [-0.05, 0) is 43.4 Å². The molecule has 0 atom stereocenters. The van der Waals surface area contributed by atoms with Crippen molar-refractivity contribution >= 4 is 17.5 Å². The summed E-state index contributed by atoms with van der Waals surface area (Å²) in [5.74, 6) is -0.929. The van der Waals surface area contributed by atoms with Crippen molar-refractivity contribution in [3.63, 3.8) is 0 Å². The lowest BCUT2D eigenvalue weighted by Gasteiger charge is -2.32. The fraction of sp³-hybridized carbons (Fsp3) is 0.278. The van der Waals surface area contributed by atoms with Gasteiger partial charge in [-0.15, -0.1) is 0 Å². The third kappa shape index (κ3) is 4.19. The van der Waals surface area contributed by atoms with Gasteiger partial charge in [0.1, 0.15) is 11.5 Å². The molecule has 0 aliphatic carbocycles. The number of hydrogen-bond donors (Lipinski definition) is 1. The van der Waals surface area contributed by atoms with Crippen molar-refractivity contribution < 1.29 is 14.0 Å². The van der Waals surface area contributed by atoms with Crippen molar-refractivity contribution in [2.45, 2.75) is 0 Å². The van der Waals surface area contributed by atoms with Gasteiger partial charge in [-0.3, -0.25) is 14.6 Å². The number of carbonyl (C=O) groups excluding carboxylic acids is 2. The lowest BCUT2D eigenvalue weighted by atomic mass is 10.1. The third-order valence-electron chi connectivity index (χ3n) is 4.13. The standard InChI is InChI=1S/C18H19FN4O2/c1-22-8-10-23(11-9-22)18(25)13-6-7-20-16(12-13)17(24)21-15-4-2-14(19)3-5-15/h2-7,12H,8-11H2,1H3,(H,21,24). The van der Waals surface area contributed by atoms with E-state index in [1.54, 1.807) is 11.0 Å².